The lowest BCUT2D eigenvalue weighted by molar-refractivity contribution is -0.137. The molecule has 0 aromatic carbocycles. The predicted molar refractivity (Wildman–Crippen MR) is 83.9 cm³/mol. The lowest BCUT2D eigenvalue weighted by Crippen LogP contribution is -2.51. The van der Waals surface area contributed by atoms with Crippen LogP contribution >= 0.6 is 0 Å². The Hall–Kier alpha value is -0.620. The molecule has 0 spiro atoms. The minimum atomic E-state index is -2.87. The molecule has 2 saturated heterocycles. The van der Waals surface area contributed by atoms with E-state index in [4.69, 9.17) is 0 Å². The van der Waals surface area contributed by atoms with Crippen LogP contribution in [0.2, 0.25) is 0 Å². The summed E-state index contributed by atoms with van der Waals surface area (Å²) in [6.07, 6.45) is 6.02. The van der Waals surface area contributed by atoms with Gasteiger partial charge in [0.2, 0.25) is 5.91 Å². The lowest BCUT2D eigenvalue weighted by Gasteiger charge is -2.36. The number of sulfone groups is 1. The molecule has 0 aliphatic carbocycles. The van der Waals surface area contributed by atoms with Crippen LogP contribution in [-0.2, 0) is 14.6 Å². The number of likely N-dealkylation sites (N-methyl/N-ethyl adjacent to an activating group) is 1. The molecule has 2 heterocycles. The van der Waals surface area contributed by atoms with Gasteiger partial charge in [0.15, 0.2) is 0 Å². The maximum absolute atomic E-state index is 12.6. The SMILES string of the molecule is CC(C(=O)N(C)C1CCS(=O)(=O)CC1)N1CCCCCC1. The van der Waals surface area contributed by atoms with Crippen LogP contribution in [0.15, 0.2) is 0 Å². The molecule has 1 atom stereocenters. The summed E-state index contributed by atoms with van der Waals surface area (Å²) in [5.41, 5.74) is 0. The van der Waals surface area contributed by atoms with E-state index < -0.39 is 9.84 Å². The third kappa shape index (κ3) is 4.42. The molecule has 5 nitrogen and oxygen atoms in total. The van der Waals surface area contributed by atoms with Gasteiger partial charge in [-0.3, -0.25) is 9.69 Å². The number of rotatable bonds is 3. The van der Waals surface area contributed by atoms with Gasteiger partial charge in [-0.1, -0.05) is 12.8 Å². The minimum absolute atomic E-state index is 0.0791. The maximum atomic E-state index is 12.6. The molecule has 21 heavy (non-hydrogen) atoms. The van der Waals surface area contributed by atoms with Crippen LogP contribution in [0.1, 0.15) is 45.4 Å². The van der Waals surface area contributed by atoms with Gasteiger partial charge in [0.1, 0.15) is 9.84 Å². The first kappa shape index (κ1) is 16.7. The van der Waals surface area contributed by atoms with E-state index in [0.29, 0.717) is 12.8 Å². The molecule has 6 heteroatoms. The van der Waals surface area contributed by atoms with Crippen LogP contribution in [0.3, 0.4) is 0 Å². The highest BCUT2D eigenvalue weighted by Crippen LogP contribution is 2.20. The second-order valence-corrected chi connectivity index (χ2v) is 8.76. The Kier molecular flexibility index (Phi) is 5.66. The van der Waals surface area contributed by atoms with E-state index in [-0.39, 0.29) is 29.5 Å². The maximum Gasteiger partial charge on any atom is 0.239 e. The number of amides is 1. The van der Waals surface area contributed by atoms with E-state index in [2.05, 4.69) is 4.90 Å². The quantitative estimate of drug-likeness (QED) is 0.787. The van der Waals surface area contributed by atoms with E-state index in [1.807, 2.05) is 14.0 Å². The summed E-state index contributed by atoms with van der Waals surface area (Å²) in [5.74, 6) is 0.571. The number of hydrogen-bond acceptors (Lipinski definition) is 4. The van der Waals surface area contributed by atoms with Gasteiger partial charge in [-0.05, 0) is 45.7 Å². The fourth-order valence-electron chi connectivity index (χ4n) is 3.38. The summed E-state index contributed by atoms with van der Waals surface area (Å²) in [5, 5.41) is 0. The standard InChI is InChI=1S/C15H28N2O3S/c1-13(17-9-5-3-4-6-10-17)15(18)16(2)14-7-11-21(19,20)12-8-14/h13-14H,3-12H2,1-2H3. The Labute approximate surface area is 128 Å². The monoisotopic (exact) mass is 316 g/mol. The van der Waals surface area contributed by atoms with Crippen molar-refractivity contribution in [2.75, 3.05) is 31.6 Å². The second kappa shape index (κ2) is 7.09. The van der Waals surface area contributed by atoms with Crippen molar-refractivity contribution in [1.29, 1.82) is 0 Å². The summed E-state index contributed by atoms with van der Waals surface area (Å²) in [6, 6.07) is -0.0120. The van der Waals surface area contributed by atoms with Gasteiger partial charge < -0.3 is 4.90 Å². The highest BCUT2D eigenvalue weighted by Gasteiger charge is 2.32. The highest BCUT2D eigenvalue weighted by molar-refractivity contribution is 7.91. The first-order chi connectivity index (χ1) is 9.91. The molecule has 2 fully saturated rings. The van der Waals surface area contributed by atoms with Gasteiger partial charge in [-0.2, -0.15) is 0 Å². The number of likely N-dealkylation sites (tertiary alicyclic amines) is 1. The molecule has 1 amide bonds. The third-order valence-corrected chi connectivity index (χ3v) is 6.68. The van der Waals surface area contributed by atoms with Crippen molar-refractivity contribution in [3.05, 3.63) is 0 Å². The summed E-state index contributed by atoms with van der Waals surface area (Å²) in [4.78, 5) is 16.7. The number of nitrogens with zero attached hydrogens (tertiary/aromatic N) is 2. The van der Waals surface area contributed by atoms with Gasteiger partial charge in [-0.25, -0.2) is 8.42 Å². The molecule has 0 bridgehead atoms. The molecule has 2 aliphatic rings. The van der Waals surface area contributed by atoms with E-state index >= 15 is 0 Å². The Morgan fingerprint density at radius 1 is 1.10 bits per heavy atom. The molecule has 122 valence electrons. The predicted octanol–water partition coefficient (Wildman–Crippen LogP) is 1.29. The van der Waals surface area contributed by atoms with E-state index in [9.17, 15) is 13.2 Å². The van der Waals surface area contributed by atoms with Gasteiger partial charge >= 0.3 is 0 Å². The second-order valence-electron chi connectivity index (χ2n) is 6.46. The lowest BCUT2D eigenvalue weighted by atomic mass is 10.1. The molecule has 2 aliphatic heterocycles. The Balaban J connectivity index is 1.92. The summed E-state index contributed by atoms with van der Waals surface area (Å²) in [7, 11) is -1.04. The molecular formula is C15H28N2O3S. The van der Waals surface area contributed by atoms with Crippen LogP contribution in [0.4, 0.5) is 0 Å². The number of carbonyl (C=O) groups excluding carboxylic acids is 1. The normalized spacial score (nSPS) is 26.0. The van der Waals surface area contributed by atoms with Crippen molar-refractivity contribution in [2.24, 2.45) is 0 Å². The third-order valence-electron chi connectivity index (χ3n) is 4.97. The average molecular weight is 316 g/mol. The zero-order valence-corrected chi connectivity index (χ0v) is 14.1. The highest BCUT2D eigenvalue weighted by atomic mass is 32.2. The van der Waals surface area contributed by atoms with Gasteiger partial charge in [-0.15, -0.1) is 0 Å². The summed E-state index contributed by atoms with van der Waals surface area (Å²) in [6.45, 7) is 3.99. The summed E-state index contributed by atoms with van der Waals surface area (Å²) >= 11 is 0. The van der Waals surface area contributed by atoms with Crippen LogP contribution in [-0.4, -0.2) is 67.9 Å². The van der Waals surface area contributed by atoms with E-state index in [0.717, 1.165) is 13.1 Å². The zero-order chi connectivity index (χ0) is 15.5. The summed E-state index contributed by atoms with van der Waals surface area (Å²) < 4.78 is 23.0. The Morgan fingerprint density at radius 3 is 2.14 bits per heavy atom. The van der Waals surface area contributed by atoms with E-state index in [1.165, 1.54) is 25.7 Å². The average Bonchev–Trinajstić information content (AvgIpc) is 2.74. The van der Waals surface area contributed by atoms with Crippen molar-refractivity contribution in [3.63, 3.8) is 0 Å². The Bertz CT molecular complexity index is 442. The molecule has 2 rings (SSSR count). The largest absolute Gasteiger partial charge is 0.341 e. The van der Waals surface area contributed by atoms with Crippen molar-refractivity contribution in [1.82, 2.24) is 9.80 Å². The van der Waals surface area contributed by atoms with E-state index in [1.54, 1.807) is 4.90 Å². The first-order valence-electron chi connectivity index (χ1n) is 8.12. The van der Waals surface area contributed by atoms with Crippen LogP contribution in [0.25, 0.3) is 0 Å². The fourth-order valence-corrected chi connectivity index (χ4v) is 4.84. The van der Waals surface area contributed by atoms with Gasteiger partial charge in [0.25, 0.3) is 0 Å². The van der Waals surface area contributed by atoms with Crippen LogP contribution in [0.5, 0.6) is 0 Å². The Morgan fingerprint density at radius 2 is 1.62 bits per heavy atom. The molecule has 0 radical (unpaired) electrons. The molecule has 0 aromatic heterocycles. The van der Waals surface area contributed by atoms with Crippen molar-refractivity contribution in [3.8, 4) is 0 Å². The number of carbonyl (C=O) groups is 1. The van der Waals surface area contributed by atoms with Crippen molar-refractivity contribution in [2.45, 2.75) is 57.5 Å². The molecule has 0 saturated carbocycles. The molecule has 0 N–H and O–H groups in total. The van der Waals surface area contributed by atoms with Gasteiger partial charge in [0, 0.05) is 13.1 Å². The topological polar surface area (TPSA) is 57.7 Å². The van der Waals surface area contributed by atoms with Crippen LogP contribution in [0, 0.1) is 0 Å². The van der Waals surface area contributed by atoms with Crippen molar-refractivity contribution < 1.29 is 13.2 Å². The van der Waals surface area contributed by atoms with Gasteiger partial charge in [0.05, 0.1) is 17.5 Å². The van der Waals surface area contributed by atoms with Crippen molar-refractivity contribution >= 4 is 15.7 Å². The molecule has 1 unspecified atom stereocenters. The number of hydrogen-bond donors (Lipinski definition) is 0. The zero-order valence-electron chi connectivity index (χ0n) is 13.3. The fraction of sp³-hybridized carbons (Fsp3) is 0.933. The molecule has 0 aromatic rings. The minimum Gasteiger partial charge on any atom is -0.341 e. The smallest absolute Gasteiger partial charge is 0.239 e. The first-order valence-corrected chi connectivity index (χ1v) is 9.94. The van der Waals surface area contributed by atoms with Crippen LogP contribution < -0.4 is 0 Å². The molecular weight excluding hydrogens is 288 g/mol.